The topological polar surface area (TPSA) is 91.1 Å². The van der Waals surface area contributed by atoms with Crippen LogP contribution in [0.2, 0.25) is 0 Å². The standard InChI is InChI=1S/C17H20N2O6/c1-11-7-18(8-12(2)25-11)16(20)4-3-13-5-15(19(21)22)6-14-9-23-10-24-17(13)14/h3-6,11-12H,7-10H2,1-2H3. The van der Waals surface area contributed by atoms with Gasteiger partial charge in [-0.2, -0.15) is 0 Å². The first-order valence-electron chi connectivity index (χ1n) is 8.08. The summed E-state index contributed by atoms with van der Waals surface area (Å²) in [4.78, 5) is 24.8. The van der Waals surface area contributed by atoms with E-state index in [0.717, 1.165) is 0 Å². The fourth-order valence-corrected chi connectivity index (χ4v) is 3.08. The van der Waals surface area contributed by atoms with E-state index in [1.165, 1.54) is 18.2 Å². The zero-order chi connectivity index (χ0) is 18.0. The summed E-state index contributed by atoms with van der Waals surface area (Å²) in [6, 6.07) is 2.83. The normalized spacial score (nSPS) is 23.2. The maximum absolute atomic E-state index is 12.4. The molecule has 1 fully saturated rings. The van der Waals surface area contributed by atoms with Gasteiger partial charge in [0.05, 0.1) is 23.7 Å². The third-order valence-corrected chi connectivity index (χ3v) is 4.07. The van der Waals surface area contributed by atoms with E-state index in [-0.39, 0.29) is 37.2 Å². The molecule has 0 aliphatic carbocycles. The van der Waals surface area contributed by atoms with Crippen LogP contribution < -0.4 is 4.74 Å². The summed E-state index contributed by atoms with van der Waals surface area (Å²) in [5.74, 6) is 0.360. The van der Waals surface area contributed by atoms with Gasteiger partial charge in [-0.3, -0.25) is 14.9 Å². The van der Waals surface area contributed by atoms with Crippen LogP contribution in [0.5, 0.6) is 5.75 Å². The average molecular weight is 348 g/mol. The van der Waals surface area contributed by atoms with Crippen LogP contribution in [-0.2, 0) is 20.9 Å². The van der Waals surface area contributed by atoms with Crippen molar-refractivity contribution in [2.24, 2.45) is 0 Å². The van der Waals surface area contributed by atoms with Crippen LogP contribution >= 0.6 is 0 Å². The number of nitro benzene ring substituents is 1. The second kappa shape index (κ2) is 7.20. The zero-order valence-corrected chi connectivity index (χ0v) is 14.1. The molecule has 1 aromatic carbocycles. The lowest BCUT2D eigenvalue weighted by Gasteiger charge is -2.34. The molecule has 0 spiro atoms. The molecule has 1 amide bonds. The number of nitro groups is 1. The SMILES string of the molecule is CC1CN(C(=O)C=Cc2cc([N+](=O)[O-])cc3c2OCOC3)CC(C)O1. The third-order valence-electron chi connectivity index (χ3n) is 4.07. The number of hydrogen-bond donors (Lipinski definition) is 0. The Morgan fingerprint density at radius 3 is 2.72 bits per heavy atom. The molecule has 2 aliphatic heterocycles. The van der Waals surface area contributed by atoms with E-state index in [0.29, 0.717) is 30.0 Å². The fourth-order valence-electron chi connectivity index (χ4n) is 3.08. The number of amides is 1. The molecule has 0 aromatic heterocycles. The molecule has 0 bridgehead atoms. The molecule has 0 radical (unpaired) electrons. The van der Waals surface area contributed by atoms with Crippen LogP contribution in [0.4, 0.5) is 5.69 Å². The molecule has 0 N–H and O–H groups in total. The number of nitrogens with zero attached hydrogens (tertiary/aromatic N) is 2. The maximum atomic E-state index is 12.4. The molecule has 1 saturated heterocycles. The summed E-state index contributed by atoms with van der Waals surface area (Å²) < 4.78 is 16.3. The summed E-state index contributed by atoms with van der Waals surface area (Å²) in [7, 11) is 0. The zero-order valence-electron chi connectivity index (χ0n) is 14.1. The summed E-state index contributed by atoms with van der Waals surface area (Å²) in [5.41, 5.74) is 1.03. The Bertz CT molecular complexity index is 707. The van der Waals surface area contributed by atoms with Crippen LogP contribution in [-0.4, -0.2) is 47.8 Å². The highest BCUT2D eigenvalue weighted by molar-refractivity contribution is 5.92. The Morgan fingerprint density at radius 2 is 2.04 bits per heavy atom. The van der Waals surface area contributed by atoms with Crippen LogP contribution in [0.1, 0.15) is 25.0 Å². The van der Waals surface area contributed by atoms with Crippen molar-refractivity contribution in [1.29, 1.82) is 0 Å². The Morgan fingerprint density at radius 1 is 1.32 bits per heavy atom. The minimum Gasteiger partial charge on any atom is -0.467 e. The van der Waals surface area contributed by atoms with E-state index in [4.69, 9.17) is 14.2 Å². The molecule has 2 aliphatic rings. The Kier molecular flexibility index (Phi) is 5.00. The van der Waals surface area contributed by atoms with Crippen molar-refractivity contribution in [3.63, 3.8) is 0 Å². The van der Waals surface area contributed by atoms with Gasteiger partial charge in [0.25, 0.3) is 5.69 Å². The predicted octanol–water partition coefficient (Wildman–Crippen LogP) is 2.11. The molecule has 1 aromatic rings. The number of benzene rings is 1. The van der Waals surface area contributed by atoms with Crippen molar-refractivity contribution >= 4 is 17.7 Å². The van der Waals surface area contributed by atoms with Crippen molar-refractivity contribution in [2.45, 2.75) is 32.7 Å². The van der Waals surface area contributed by atoms with E-state index in [2.05, 4.69) is 0 Å². The first-order valence-corrected chi connectivity index (χ1v) is 8.08. The van der Waals surface area contributed by atoms with Gasteiger partial charge < -0.3 is 19.1 Å². The molecule has 134 valence electrons. The van der Waals surface area contributed by atoms with Crippen LogP contribution in [0.3, 0.4) is 0 Å². The lowest BCUT2D eigenvalue weighted by Crippen LogP contribution is -2.47. The number of hydrogen-bond acceptors (Lipinski definition) is 6. The molecular weight excluding hydrogens is 328 g/mol. The van der Waals surface area contributed by atoms with Crippen molar-refractivity contribution < 1.29 is 23.9 Å². The molecular formula is C17H20N2O6. The summed E-state index contributed by atoms with van der Waals surface area (Å²) in [6.07, 6.45) is 2.94. The number of fused-ring (bicyclic) bond motifs is 1. The molecule has 0 saturated carbocycles. The monoisotopic (exact) mass is 348 g/mol. The van der Waals surface area contributed by atoms with Crippen molar-refractivity contribution in [2.75, 3.05) is 19.9 Å². The van der Waals surface area contributed by atoms with Gasteiger partial charge in [-0.05, 0) is 19.9 Å². The Labute approximate surface area is 145 Å². The molecule has 8 heteroatoms. The van der Waals surface area contributed by atoms with E-state index in [9.17, 15) is 14.9 Å². The fraction of sp³-hybridized carbons (Fsp3) is 0.471. The van der Waals surface area contributed by atoms with Crippen molar-refractivity contribution in [1.82, 2.24) is 4.90 Å². The lowest BCUT2D eigenvalue weighted by molar-refractivity contribution is -0.385. The van der Waals surface area contributed by atoms with Gasteiger partial charge in [-0.25, -0.2) is 0 Å². The molecule has 2 heterocycles. The number of non-ortho nitro benzene ring substituents is 1. The average Bonchev–Trinajstić information content (AvgIpc) is 2.58. The van der Waals surface area contributed by atoms with E-state index in [1.54, 1.807) is 11.0 Å². The third kappa shape index (κ3) is 3.97. The Hall–Kier alpha value is -2.45. The number of ether oxygens (including phenoxy) is 3. The summed E-state index contributed by atoms with van der Waals surface area (Å²) in [6.45, 7) is 5.20. The van der Waals surface area contributed by atoms with Crippen molar-refractivity contribution in [3.8, 4) is 5.75 Å². The van der Waals surface area contributed by atoms with Gasteiger partial charge in [-0.15, -0.1) is 0 Å². The highest BCUT2D eigenvalue weighted by Gasteiger charge is 2.25. The van der Waals surface area contributed by atoms with Gasteiger partial charge in [0.15, 0.2) is 6.79 Å². The molecule has 2 atom stereocenters. The van der Waals surface area contributed by atoms with E-state index < -0.39 is 4.92 Å². The quantitative estimate of drug-likeness (QED) is 0.472. The molecule has 2 unspecified atom stereocenters. The van der Waals surface area contributed by atoms with Gasteiger partial charge >= 0.3 is 0 Å². The lowest BCUT2D eigenvalue weighted by atomic mass is 10.1. The van der Waals surface area contributed by atoms with E-state index in [1.807, 2.05) is 13.8 Å². The van der Waals surface area contributed by atoms with Gasteiger partial charge in [0.2, 0.25) is 5.91 Å². The largest absolute Gasteiger partial charge is 0.467 e. The maximum Gasteiger partial charge on any atom is 0.270 e. The highest BCUT2D eigenvalue weighted by atomic mass is 16.7. The number of carbonyl (C=O) groups excluding carboxylic acids is 1. The first-order chi connectivity index (χ1) is 11.9. The Balaban J connectivity index is 1.83. The molecule has 8 nitrogen and oxygen atoms in total. The minimum atomic E-state index is -0.473. The summed E-state index contributed by atoms with van der Waals surface area (Å²) in [5, 5.41) is 11.1. The second-order valence-electron chi connectivity index (χ2n) is 6.22. The summed E-state index contributed by atoms with van der Waals surface area (Å²) >= 11 is 0. The van der Waals surface area contributed by atoms with Crippen LogP contribution in [0.25, 0.3) is 6.08 Å². The van der Waals surface area contributed by atoms with Gasteiger partial charge in [0.1, 0.15) is 5.75 Å². The first kappa shape index (κ1) is 17.4. The van der Waals surface area contributed by atoms with Crippen molar-refractivity contribution in [3.05, 3.63) is 39.4 Å². The number of morpholine rings is 1. The van der Waals surface area contributed by atoms with Gasteiger partial charge in [-0.1, -0.05) is 0 Å². The molecule has 3 rings (SSSR count). The van der Waals surface area contributed by atoms with Gasteiger partial charge in [0, 0.05) is 42.4 Å². The van der Waals surface area contributed by atoms with Crippen LogP contribution in [0, 0.1) is 10.1 Å². The smallest absolute Gasteiger partial charge is 0.270 e. The second-order valence-corrected chi connectivity index (χ2v) is 6.22. The predicted molar refractivity (Wildman–Crippen MR) is 89.0 cm³/mol. The number of rotatable bonds is 3. The van der Waals surface area contributed by atoms with E-state index >= 15 is 0 Å². The molecule has 25 heavy (non-hydrogen) atoms. The van der Waals surface area contributed by atoms with Crippen LogP contribution in [0.15, 0.2) is 18.2 Å². The minimum absolute atomic E-state index is 0.0212. The number of carbonyl (C=O) groups is 1. The highest BCUT2D eigenvalue weighted by Crippen LogP contribution is 2.33.